The fourth-order valence-corrected chi connectivity index (χ4v) is 5.95. The van der Waals surface area contributed by atoms with Crippen molar-refractivity contribution in [2.24, 2.45) is 11.8 Å². The average molecular weight is 318 g/mol. The highest BCUT2D eigenvalue weighted by atomic mass is 32.1. The van der Waals surface area contributed by atoms with Gasteiger partial charge < -0.3 is 15.0 Å². The molecule has 4 aliphatic heterocycles. The van der Waals surface area contributed by atoms with Crippen molar-refractivity contribution in [3.63, 3.8) is 0 Å². The van der Waals surface area contributed by atoms with Crippen molar-refractivity contribution < 1.29 is 9.53 Å². The lowest BCUT2D eigenvalue weighted by Gasteiger charge is -2.18. The van der Waals surface area contributed by atoms with Gasteiger partial charge in [0.2, 0.25) is 0 Å². The largest absolute Gasteiger partial charge is 0.374 e. The van der Waals surface area contributed by atoms with Crippen molar-refractivity contribution in [1.82, 2.24) is 10.2 Å². The predicted molar refractivity (Wildman–Crippen MR) is 85.1 cm³/mol. The van der Waals surface area contributed by atoms with E-state index in [1.54, 1.807) is 11.3 Å². The molecule has 5 atom stereocenters. The maximum Gasteiger partial charge on any atom is 0.263 e. The van der Waals surface area contributed by atoms with E-state index in [2.05, 4.69) is 16.3 Å². The topological polar surface area (TPSA) is 41.6 Å². The van der Waals surface area contributed by atoms with Crippen LogP contribution in [0, 0.1) is 11.8 Å². The molecule has 1 aromatic rings. The van der Waals surface area contributed by atoms with Crippen LogP contribution < -0.4 is 5.32 Å². The van der Waals surface area contributed by atoms with Gasteiger partial charge in [-0.25, -0.2) is 0 Å². The molecule has 5 rings (SSSR count). The molecule has 1 unspecified atom stereocenters. The summed E-state index contributed by atoms with van der Waals surface area (Å²) in [7, 11) is 0. The first kappa shape index (κ1) is 13.5. The van der Waals surface area contributed by atoms with E-state index in [1.165, 1.54) is 30.6 Å². The second-order valence-electron chi connectivity index (χ2n) is 7.18. The van der Waals surface area contributed by atoms with Gasteiger partial charge in [0.1, 0.15) is 0 Å². The number of carbonyl (C=O) groups excluding carboxylic acids is 1. The molecule has 4 fully saturated rings. The lowest BCUT2D eigenvalue weighted by Crippen LogP contribution is -2.30. The molecule has 0 spiro atoms. The first-order chi connectivity index (χ1) is 10.8. The first-order valence-corrected chi connectivity index (χ1v) is 9.39. The van der Waals surface area contributed by atoms with Gasteiger partial charge in [-0.15, -0.1) is 11.3 Å². The maximum absolute atomic E-state index is 12.8. The summed E-state index contributed by atoms with van der Waals surface area (Å²) < 4.78 is 6.00. The van der Waals surface area contributed by atoms with Gasteiger partial charge in [0.05, 0.1) is 17.1 Å². The van der Waals surface area contributed by atoms with Gasteiger partial charge in [-0.3, -0.25) is 4.79 Å². The lowest BCUT2D eigenvalue weighted by molar-refractivity contribution is 0.0597. The summed E-state index contributed by atoms with van der Waals surface area (Å²) in [6, 6.07) is 4.64. The van der Waals surface area contributed by atoms with Crippen LogP contribution in [0.15, 0.2) is 12.1 Å². The minimum absolute atomic E-state index is 0.239. The molecule has 0 saturated carbocycles. The molecule has 0 aromatic carbocycles. The summed E-state index contributed by atoms with van der Waals surface area (Å²) in [5.74, 6) is 1.43. The van der Waals surface area contributed by atoms with Gasteiger partial charge in [0.25, 0.3) is 5.91 Å². The summed E-state index contributed by atoms with van der Waals surface area (Å²) >= 11 is 1.69. The van der Waals surface area contributed by atoms with Crippen molar-refractivity contribution in [2.45, 2.75) is 43.9 Å². The highest BCUT2D eigenvalue weighted by Crippen LogP contribution is 2.47. The lowest BCUT2D eigenvalue weighted by atomic mass is 9.82. The Hall–Kier alpha value is -0.910. The number of nitrogens with zero attached hydrogens (tertiary/aromatic N) is 1. The summed E-state index contributed by atoms with van der Waals surface area (Å²) in [6.45, 7) is 2.91. The molecule has 4 nitrogen and oxygen atoms in total. The summed E-state index contributed by atoms with van der Waals surface area (Å²) in [4.78, 5) is 17.1. The predicted octanol–water partition coefficient (Wildman–Crippen LogP) is 2.42. The van der Waals surface area contributed by atoms with Crippen LogP contribution in [0.25, 0.3) is 0 Å². The molecule has 22 heavy (non-hydrogen) atoms. The monoisotopic (exact) mass is 318 g/mol. The fourth-order valence-electron chi connectivity index (χ4n) is 4.86. The van der Waals surface area contributed by atoms with Crippen molar-refractivity contribution in [1.29, 1.82) is 0 Å². The quantitative estimate of drug-likeness (QED) is 0.910. The minimum atomic E-state index is 0.239. The van der Waals surface area contributed by atoms with Crippen LogP contribution in [-0.2, 0) is 4.74 Å². The van der Waals surface area contributed by atoms with E-state index in [1.807, 2.05) is 6.07 Å². The van der Waals surface area contributed by atoms with Gasteiger partial charge in [-0.1, -0.05) is 0 Å². The molecule has 1 N–H and O–H groups in total. The minimum Gasteiger partial charge on any atom is -0.374 e. The van der Waals surface area contributed by atoms with E-state index in [0.717, 1.165) is 24.5 Å². The number of hydrogen-bond donors (Lipinski definition) is 1. The smallest absolute Gasteiger partial charge is 0.263 e. The van der Waals surface area contributed by atoms with Crippen LogP contribution in [0.2, 0.25) is 0 Å². The standard InChI is InChI=1S/C17H22N2O2S/c20-17(16-6-5-15(22-16)12-2-1-7-18-12)19-8-10-11(9-19)14-4-3-13(10)21-14/h5-6,10-14,18H,1-4,7-9H2/t10-,11+,12?,13+,14-. The Balaban J connectivity index is 1.31. The third-order valence-corrected chi connectivity index (χ3v) is 7.17. The Labute approximate surface area is 134 Å². The highest BCUT2D eigenvalue weighted by molar-refractivity contribution is 7.14. The molecule has 0 aliphatic carbocycles. The number of likely N-dealkylation sites (tertiary alicyclic amines) is 1. The molecule has 118 valence electrons. The number of nitrogens with one attached hydrogen (secondary N) is 1. The van der Waals surface area contributed by atoms with E-state index in [-0.39, 0.29) is 5.91 Å². The second-order valence-corrected chi connectivity index (χ2v) is 8.29. The molecular weight excluding hydrogens is 296 g/mol. The highest BCUT2D eigenvalue weighted by Gasteiger charge is 2.53. The Morgan fingerprint density at radius 3 is 2.64 bits per heavy atom. The molecule has 1 amide bonds. The Morgan fingerprint density at radius 1 is 1.18 bits per heavy atom. The summed E-state index contributed by atoms with van der Waals surface area (Å²) in [5.41, 5.74) is 0. The molecule has 0 radical (unpaired) electrons. The maximum atomic E-state index is 12.8. The molecule has 1 aromatic heterocycles. The molecule has 2 bridgehead atoms. The van der Waals surface area contributed by atoms with Crippen LogP contribution in [0.5, 0.6) is 0 Å². The molecule has 4 saturated heterocycles. The van der Waals surface area contributed by atoms with Gasteiger partial charge in [-0.2, -0.15) is 0 Å². The number of carbonyl (C=O) groups is 1. The van der Waals surface area contributed by atoms with E-state index in [4.69, 9.17) is 4.74 Å². The van der Waals surface area contributed by atoms with E-state index >= 15 is 0 Å². The van der Waals surface area contributed by atoms with E-state index in [0.29, 0.717) is 30.1 Å². The average Bonchev–Trinajstić information content (AvgIpc) is 3.35. The molecule has 4 aliphatic rings. The van der Waals surface area contributed by atoms with Crippen LogP contribution in [0.1, 0.15) is 46.3 Å². The van der Waals surface area contributed by atoms with Crippen molar-refractivity contribution >= 4 is 17.2 Å². The van der Waals surface area contributed by atoms with Gasteiger partial charge in [0.15, 0.2) is 0 Å². The zero-order valence-corrected chi connectivity index (χ0v) is 13.5. The Morgan fingerprint density at radius 2 is 1.95 bits per heavy atom. The molecule has 5 heteroatoms. The number of amides is 1. The molecule has 5 heterocycles. The zero-order valence-electron chi connectivity index (χ0n) is 12.7. The Bertz CT molecular complexity index is 577. The van der Waals surface area contributed by atoms with Crippen LogP contribution in [0.3, 0.4) is 0 Å². The third kappa shape index (κ3) is 1.99. The van der Waals surface area contributed by atoms with Gasteiger partial charge in [0, 0.05) is 35.8 Å². The third-order valence-electron chi connectivity index (χ3n) is 5.98. The van der Waals surface area contributed by atoms with Gasteiger partial charge >= 0.3 is 0 Å². The normalized spacial score (nSPS) is 39.6. The van der Waals surface area contributed by atoms with Crippen molar-refractivity contribution in [2.75, 3.05) is 19.6 Å². The molecular formula is C17H22N2O2S. The van der Waals surface area contributed by atoms with Crippen molar-refractivity contribution in [3.8, 4) is 0 Å². The fraction of sp³-hybridized carbons (Fsp3) is 0.706. The number of rotatable bonds is 2. The van der Waals surface area contributed by atoms with Crippen LogP contribution in [-0.4, -0.2) is 42.6 Å². The van der Waals surface area contributed by atoms with Crippen molar-refractivity contribution in [3.05, 3.63) is 21.9 Å². The van der Waals surface area contributed by atoms with E-state index < -0.39 is 0 Å². The number of ether oxygens (including phenoxy) is 1. The summed E-state index contributed by atoms with van der Waals surface area (Å²) in [5, 5.41) is 3.52. The number of fused-ring (bicyclic) bond motifs is 5. The Kier molecular flexibility index (Phi) is 3.10. The second kappa shape index (κ2) is 5.05. The van der Waals surface area contributed by atoms with E-state index in [9.17, 15) is 4.79 Å². The van der Waals surface area contributed by atoms with Crippen LogP contribution >= 0.6 is 11.3 Å². The number of thiophene rings is 1. The number of hydrogen-bond acceptors (Lipinski definition) is 4. The van der Waals surface area contributed by atoms with Gasteiger partial charge in [-0.05, 0) is 44.4 Å². The zero-order chi connectivity index (χ0) is 14.7. The van der Waals surface area contributed by atoms with Crippen LogP contribution in [0.4, 0.5) is 0 Å². The first-order valence-electron chi connectivity index (χ1n) is 8.57. The summed E-state index contributed by atoms with van der Waals surface area (Å²) in [6.07, 6.45) is 5.69. The SMILES string of the molecule is O=C(c1ccc(C2CCCN2)s1)N1C[C@@H]2[C@H](C1)[C@H]1CC[C@@H]2O1.